The van der Waals surface area contributed by atoms with Crippen molar-refractivity contribution in [1.29, 1.82) is 0 Å². The lowest BCUT2D eigenvalue weighted by molar-refractivity contribution is 0.0970. The molecular weight excluding hydrogens is 438 g/mol. The molecule has 6 nitrogen and oxygen atoms in total. The molecule has 0 unspecified atom stereocenters. The molecule has 1 amide bonds. The van der Waals surface area contributed by atoms with Crippen LogP contribution in [-0.2, 0) is 27.5 Å². The summed E-state index contributed by atoms with van der Waals surface area (Å²) in [5.41, 5.74) is 3.17. The van der Waals surface area contributed by atoms with Crippen LogP contribution in [0.5, 0.6) is 5.75 Å². The van der Waals surface area contributed by atoms with Crippen molar-refractivity contribution in [2.45, 2.75) is 58.2 Å². The number of carbonyl (C=O) groups is 1. The summed E-state index contributed by atoms with van der Waals surface area (Å²) in [6.45, 7) is 7.29. The number of nitrogens with zero attached hydrogens (tertiary/aromatic N) is 1. The second-order valence-electron chi connectivity index (χ2n) is 9.48. The van der Waals surface area contributed by atoms with Crippen LogP contribution in [0.15, 0.2) is 48.5 Å². The molecule has 33 heavy (non-hydrogen) atoms. The molecule has 0 bridgehead atoms. The molecule has 0 radical (unpaired) electrons. The monoisotopic (exact) mass is 471 g/mol. The molecule has 4 rings (SSSR count). The molecule has 0 spiro atoms. The van der Waals surface area contributed by atoms with Gasteiger partial charge in [0.25, 0.3) is 0 Å². The topological polar surface area (TPSA) is 72.9 Å². The highest BCUT2D eigenvalue weighted by atomic mass is 32.2. The number of sulfone groups is 1. The minimum absolute atomic E-state index is 0.0260. The van der Waals surface area contributed by atoms with E-state index in [9.17, 15) is 13.2 Å². The van der Waals surface area contributed by atoms with Crippen LogP contribution in [0.25, 0.3) is 0 Å². The number of hydrogen-bond acceptors (Lipinski definition) is 5. The normalized spacial score (nSPS) is 23.9. The van der Waals surface area contributed by atoms with E-state index in [-0.39, 0.29) is 17.4 Å². The van der Waals surface area contributed by atoms with Crippen LogP contribution in [0.2, 0.25) is 0 Å². The summed E-state index contributed by atoms with van der Waals surface area (Å²) in [4.78, 5) is 14.4. The Morgan fingerprint density at radius 3 is 2.61 bits per heavy atom. The van der Waals surface area contributed by atoms with Crippen LogP contribution in [-0.4, -0.2) is 49.7 Å². The zero-order chi connectivity index (χ0) is 23.6. The lowest BCUT2D eigenvalue weighted by atomic mass is 9.91. The van der Waals surface area contributed by atoms with Crippen molar-refractivity contribution in [2.24, 2.45) is 5.92 Å². The summed E-state index contributed by atoms with van der Waals surface area (Å²) >= 11 is 0. The standard InChI is InChI=1S/C26H33NO5S/c1-4-11-31-23-10-6-7-19(14-23)12-22-16-33(29,30)17-24-25(22)32-26(28)27(24)15-20-8-5-9-21(13-20)18(2)3/h5-10,13-14,18,22,24-25H,4,11-12,15-17H2,1-3H3/t22-,24+,25+/m1/s1. The van der Waals surface area contributed by atoms with Gasteiger partial charge in [0.05, 0.1) is 24.2 Å². The molecular formula is C26H33NO5S. The van der Waals surface area contributed by atoms with Crippen molar-refractivity contribution < 1.29 is 22.7 Å². The Balaban J connectivity index is 1.54. The number of fused-ring (bicyclic) bond motifs is 1. The Labute approximate surface area is 196 Å². The van der Waals surface area contributed by atoms with Crippen LogP contribution in [0.3, 0.4) is 0 Å². The molecule has 0 aliphatic carbocycles. The number of hydrogen-bond donors (Lipinski definition) is 0. The zero-order valence-electron chi connectivity index (χ0n) is 19.6. The van der Waals surface area contributed by atoms with Crippen LogP contribution >= 0.6 is 0 Å². The SMILES string of the molecule is CCCOc1cccc(C[C@@H]2CS(=O)(=O)C[C@H]3[C@H]2OC(=O)N3Cc2cccc(C(C)C)c2)c1. The highest BCUT2D eigenvalue weighted by Gasteiger charge is 2.51. The molecule has 3 atom stereocenters. The molecule has 0 saturated carbocycles. The Hall–Kier alpha value is -2.54. The molecule has 7 heteroatoms. The maximum atomic E-state index is 12.8. The predicted octanol–water partition coefficient (Wildman–Crippen LogP) is 4.58. The first-order chi connectivity index (χ1) is 15.8. The van der Waals surface area contributed by atoms with Gasteiger partial charge in [0.1, 0.15) is 11.9 Å². The lowest BCUT2D eigenvalue weighted by Crippen LogP contribution is -2.51. The van der Waals surface area contributed by atoms with Crippen molar-refractivity contribution >= 4 is 15.9 Å². The van der Waals surface area contributed by atoms with E-state index in [2.05, 4.69) is 32.9 Å². The van der Waals surface area contributed by atoms with Crippen LogP contribution in [0.1, 0.15) is 49.8 Å². The van der Waals surface area contributed by atoms with Crippen molar-refractivity contribution in [1.82, 2.24) is 4.90 Å². The first-order valence-corrected chi connectivity index (χ1v) is 13.6. The number of ether oxygens (including phenoxy) is 2. The molecule has 2 heterocycles. The van der Waals surface area contributed by atoms with Gasteiger partial charge < -0.3 is 9.47 Å². The van der Waals surface area contributed by atoms with Gasteiger partial charge in [0.2, 0.25) is 0 Å². The van der Waals surface area contributed by atoms with Crippen molar-refractivity contribution in [3.05, 3.63) is 65.2 Å². The van der Waals surface area contributed by atoms with E-state index in [0.717, 1.165) is 23.3 Å². The molecule has 2 saturated heterocycles. The third kappa shape index (κ3) is 5.52. The van der Waals surface area contributed by atoms with Crippen LogP contribution in [0, 0.1) is 5.92 Å². The minimum atomic E-state index is -3.31. The molecule has 2 aliphatic heterocycles. The number of amides is 1. The summed E-state index contributed by atoms with van der Waals surface area (Å²) in [7, 11) is -3.31. The highest BCUT2D eigenvalue weighted by Crippen LogP contribution is 2.35. The average molecular weight is 472 g/mol. The first-order valence-electron chi connectivity index (χ1n) is 11.7. The number of benzene rings is 2. The third-order valence-electron chi connectivity index (χ3n) is 6.45. The molecule has 2 fully saturated rings. The average Bonchev–Trinajstić information content (AvgIpc) is 3.07. The first kappa shape index (κ1) is 23.6. The Morgan fingerprint density at radius 2 is 1.85 bits per heavy atom. The second kappa shape index (κ2) is 9.75. The van der Waals surface area contributed by atoms with Gasteiger partial charge in [-0.2, -0.15) is 0 Å². The fourth-order valence-electron chi connectivity index (χ4n) is 4.81. The van der Waals surface area contributed by atoms with Crippen LogP contribution < -0.4 is 4.74 Å². The predicted molar refractivity (Wildman–Crippen MR) is 128 cm³/mol. The largest absolute Gasteiger partial charge is 0.494 e. The lowest BCUT2D eigenvalue weighted by Gasteiger charge is -2.34. The van der Waals surface area contributed by atoms with Gasteiger partial charge in [-0.3, -0.25) is 4.90 Å². The van der Waals surface area contributed by atoms with E-state index < -0.39 is 28.1 Å². The summed E-state index contributed by atoms with van der Waals surface area (Å²) in [6, 6.07) is 15.4. The van der Waals surface area contributed by atoms with Crippen molar-refractivity contribution in [3.63, 3.8) is 0 Å². The van der Waals surface area contributed by atoms with Crippen molar-refractivity contribution in [3.8, 4) is 5.75 Å². The highest BCUT2D eigenvalue weighted by molar-refractivity contribution is 7.91. The summed E-state index contributed by atoms with van der Waals surface area (Å²) < 4.78 is 37.2. The maximum absolute atomic E-state index is 12.8. The van der Waals surface area contributed by atoms with Gasteiger partial charge in [0.15, 0.2) is 9.84 Å². The molecule has 2 aromatic rings. The smallest absolute Gasteiger partial charge is 0.410 e. The summed E-state index contributed by atoms with van der Waals surface area (Å²) in [5, 5.41) is 0. The Bertz CT molecular complexity index is 1100. The number of carbonyl (C=O) groups excluding carboxylic acids is 1. The molecule has 0 aromatic heterocycles. The third-order valence-corrected chi connectivity index (χ3v) is 8.23. The summed E-state index contributed by atoms with van der Waals surface area (Å²) in [5.74, 6) is 0.840. The van der Waals surface area contributed by atoms with Gasteiger partial charge in [-0.25, -0.2) is 13.2 Å². The van der Waals surface area contributed by atoms with Gasteiger partial charge in [-0.15, -0.1) is 0 Å². The van der Waals surface area contributed by atoms with Crippen molar-refractivity contribution in [2.75, 3.05) is 18.1 Å². The Morgan fingerprint density at radius 1 is 1.09 bits per heavy atom. The van der Waals surface area contributed by atoms with Gasteiger partial charge in [0, 0.05) is 12.5 Å². The van der Waals surface area contributed by atoms with E-state index in [0.29, 0.717) is 25.5 Å². The van der Waals surface area contributed by atoms with E-state index in [4.69, 9.17) is 9.47 Å². The van der Waals surface area contributed by atoms with Gasteiger partial charge >= 0.3 is 6.09 Å². The summed E-state index contributed by atoms with van der Waals surface area (Å²) in [6.07, 6.45) is 0.575. The maximum Gasteiger partial charge on any atom is 0.410 e. The molecule has 178 valence electrons. The molecule has 0 N–H and O–H groups in total. The fourth-order valence-corrected chi connectivity index (χ4v) is 6.79. The minimum Gasteiger partial charge on any atom is -0.494 e. The van der Waals surface area contributed by atoms with Crippen LogP contribution in [0.4, 0.5) is 4.79 Å². The number of rotatable bonds is 8. The van der Waals surface area contributed by atoms with Gasteiger partial charge in [-0.1, -0.05) is 57.2 Å². The zero-order valence-corrected chi connectivity index (χ0v) is 20.4. The van der Waals surface area contributed by atoms with E-state index in [1.165, 1.54) is 5.56 Å². The van der Waals surface area contributed by atoms with E-state index in [1.54, 1.807) is 4.90 Å². The van der Waals surface area contributed by atoms with E-state index >= 15 is 0 Å². The quantitative estimate of drug-likeness (QED) is 0.564. The van der Waals surface area contributed by atoms with E-state index in [1.807, 2.05) is 36.4 Å². The molecule has 2 aromatic carbocycles. The Kier molecular flexibility index (Phi) is 6.98. The van der Waals surface area contributed by atoms with Gasteiger partial charge in [-0.05, 0) is 47.6 Å². The molecule has 2 aliphatic rings. The second-order valence-corrected chi connectivity index (χ2v) is 11.6. The fraction of sp³-hybridized carbons (Fsp3) is 0.500.